The van der Waals surface area contributed by atoms with E-state index in [2.05, 4.69) is 12.2 Å². The zero-order chi connectivity index (χ0) is 20.7. The Balaban J connectivity index is 1.52. The van der Waals surface area contributed by atoms with Crippen LogP contribution < -0.4 is 0 Å². The van der Waals surface area contributed by atoms with Gasteiger partial charge in [0, 0.05) is 0 Å². The van der Waals surface area contributed by atoms with Crippen molar-refractivity contribution in [2.75, 3.05) is 0 Å². The van der Waals surface area contributed by atoms with Crippen LogP contribution in [0.25, 0.3) is 0 Å². The van der Waals surface area contributed by atoms with E-state index in [0.29, 0.717) is 30.1 Å². The maximum Gasteiger partial charge on any atom is 0.182 e. The van der Waals surface area contributed by atoms with Crippen LogP contribution >= 0.6 is 0 Å². The molecule has 4 aliphatic rings. The summed E-state index contributed by atoms with van der Waals surface area (Å²) in [5.41, 5.74) is 0. The van der Waals surface area contributed by atoms with Crippen molar-refractivity contribution in [3.63, 3.8) is 0 Å². The molecule has 4 aliphatic carbocycles. The van der Waals surface area contributed by atoms with E-state index in [-0.39, 0.29) is 21.6 Å². The third kappa shape index (κ3) is 2.38. The monoisotopic (exact) mass is 440 g/mol. The molecule has 156 valence electrons. The Hall–Kier alpha value is -1.92. The van der Waals surface area contributed by atoms with E-state index in [9.17, 15) is 16.8 Å². The van der Waals surface area contributed by atoms with Crippen molar-refractivity contribution in [2.45, 2.75) is 33.1 Å². The molecule has 0 amide bonds. The van der Waals surface area contributed by atoms with E-state index in [1.54, 1.807) is 60.7 Å². The number of hydrogen-bond donors (Lipinski definition) is 0. The van der Waals surface area contributed by atoms with Gasteiger partial charge in [0.25, 0.3) is 0 Å². The Kier molecular flexibility index (Phi) is 3.95. The molecule has 8 atom stereocenters. The minimum absolute atomic E-state index is 0.0892. The molecule has 0 aliphatic heterocycles. The Bertz CT molecular complexity index is 1120. The fourth-order valence-corrected chi connectivity index (χ4v) is 12.5. The van der Waals surface area contributed by atoms with Crippen molar-refractivity contribution in [2.24, 2.45) is 35.5 Å². The average molecular weight is 441 g/mol. The number of hydrogen-bond acceptors (Lipinski definition) is 4. The van der Waals surface area contributed by atoms with Crippen LogP contribution in [0.3, 0.4) is 0 Å². The fourth-order valence-electron chi connectivity index (χ4n) is 7.27. The largest absolute Gasteiger partial charge is 0.223 e. The summed E-state index contributed by atoms with van der Waals surface area (Å²) in [5, 5.41) is -1.74. The topological polar surface area (TPSA) is 68.3 Å². The quantitative estimate of drug-likeness (QED) is 0.536. The van der Waals surface area contributed by atoms with E-state index in [1.165, 1.54) is 0 Å². The van der Waals surface area contributed by atoms with Crippen molar-refractivity contribution in [1.82, 2.24) is 0 Å². The van der Waals surface area contributed by atoms with Crippen LogP contribution in [0.4, 0.5) is 0 Å². The SMILES string of the molecule is O=S(=O)(c1ccccc1)C1C2CC(C3C4C=CC(C4)C23)C1S(=O)(=O)c1ccccc1. The summed E-state index contributed by atoms with van der Waals surface area (Å²) in [6, 6.07) is 16.8. The summed E-state index contributed by atoms with van der Waals surface area (Å²) in [5.74, 6) is 1.24. The van der Waals surface area contributed by atoms with Gasteiger partial charge in [-0.15, -0.1) is 0 Å². The van der Waals surface area contributed by atoms with Gasteiger partial charge in [-0.2, -0.15) is 0 Å². The van der Waals surface area contributed by atoms with Gasteiger partial charge >= 0.3 is 0 Å². The minimum Gasteiger partial charge on any atom is -0.223 e. The van der Waals surface area contributed by atoms with Crippen molar-refractivity contribution < 1.29 is 16.8 Å². The molecule has 4 nitrogen and oxygen atoms in total. The van der Waals surface area contributed by atoms with Gasteiger partial charge in [0.15, 0.2) is 19.7 Å². The maximum absolute atomic E-state index is 13.8. The molecular formula is C24H24O4S2. The standard InChI is InChI=1S/C24H24O4S2/c25-29(26,17-7-3-1-4-8-17)23-19-14-20(22-16-12-11-15(13-16)21(19)22)24(23)30(27,28)18-9-5-2-6-10-18/h1-12,15-16,19-24H,13-14H2. The molecule has 0 saturated heterocycles. The maximum atomic E-state index is 13.8. The number of rotatable bonds is 4. The van der Waals surface area contributed by atoms with Crippen LogP contribution in [0.1, 0.15) is 12.8 Å². The lowest BCUT2D eigenvalue weighted by Crippen LogP contribution is -2.50. The summed E-state index contributed by atoms with van der Waals surface area (Å²) in [4.78, 5) is 0.483. The van der Waals surface area contributed by atoms with Crippen LogP contribution in [0.15, 0.2) is 82.6 Å². The summed E-state index contributed by atoms with van der Waals surface area (Å²) >= 11 is 0. The Labute approximate surface area is 177 Å². The summed E-state index contributed by atoms with van der Waals surface area (Å²) in [7, 11) is -7.54. The molecule has 2 aromatic rings. The van der Waals surface area contributed by atoms with Gasteiger partial charge in [0.1, 0.15) is 0 Å². The first-order chi connectivity index (χ1) is 14.4. The van der Waals surface area contributed by atoms with Crippen molar-refractivity contribution in [3.8, 4) is 0 Å². The number of benzene rings is 2. The zero-order valence-corrected chi connectivity index (χ0v) is 18.0. The van der Waals surface area contributed by atoms with Gasteiger partial charge in [0.2, 0.25) is 0 Å². The van der Waals surface area contributed by atoms with Gasteiger partial charge < -0.3 is 0 Å². The molecule has 2 aromatic carbocycles. The Morgan fingerprint density at radius 1 is 0.567 bits per heavy atom. The van der Waals surface area contributed by atoms with Gasteiger partial charge in [-0.25, -0.2) is 16.8 Å². The first kappa shape index (κ1) is 18.8. The van der Waals surface area contributed by atoms with E-state index < -0.39 is 30.2 Å². The number of sulfone groups is 2. The highest BCUT2D eigenvalue weighted by Gasteiger charge is 2.70. The van der Waals surface area contributed by atoms with Crippen molar-refractivity contribution in [1.29, 1.82) is 0 Å². The predicted molar refractivity (Wildman–Crippen MR) is 114 cm³/mol. The van der Waals surface area contributed by atoms with E-state index >= 15 is 0 Å². The van der Waals surface area contributed by atoms with Crippen molar-refractivity contribution in [3.05, 3.63) is 72.8 Å². The molecule has 8 unspecified atom stereocenters. The molecule has 4 bridgehead atoms. The van der Waals surface area contributed by atoms with Gasteiger partial charge in [-0.1, -0.05) is 48.6 Å². The molecule has 6 heteroatoms. The summed E-state index contributed by atoms with van der Waals surface area (Å²) in [6.45, 7) is 0. The van der Waals surface area contributed by atoms with Gasteiger partial charge in [-0.3, -0.25) is 0 Å². The van der Waals surface area contributed by atoms with Crippen LogP contribution in [-0.2, 0) is 19.7 Å². The lowest BCUT2D eigenvalue weighted by atomic mass is 9.73. The second-order valence-electron chi connectivity index (χ2n) is 9.31. The predicted octanol–water partition coefficient (Wildman–Crippen LogP) is 3.76. The normalized spacial score (nSPS) is 38.8. The van der Waals surface area contributed by atoms with Gasteiger partial charge in [0.05, 0.1) is 20.3 Å². The highest BCUT2D eigenvalue weighted by molar-refractivity contribution is 7.96. The molecule has 6 rings (SSSR count). The zero-order valence-electron chi connectivity index (χ0n) is 16.4. The molecule has 0 aromatic heterocycles. The summed E-state index contributed by atoms with van der Waals surface area (Å²) < 4.78 is 55.3. The van der Waals surface area contributed by atoms with Crippen molar-refractivity contribution >= 4 is 19.7 Å². The molecular weight excluding hydrogens is 416 g/mol. The molecule has 3 saturated carbocycles. The highest BCUT2D eigenvalue weighted by atomic mass is 32.2. The van der Waals surface area contributed by atoms with Crippen LogP contribution in [0.2, 0.25) is 0 Å². The molecule has 3 fully saturated rings. The highest BCUT2D eigenvalue weighted by Crippen LogP contribution is 2.68. The second kappa shape index (κ2) is 6.30. The minimum atomic E-state index is -3.77. The molecule has 0 radical (unpaired) electrons. The molecule has 30 heavy (non-hydrogen) atoms. The van der Waals surface area contributed by atoms with E-state index in [1.807, 2.05) is 0 Å². The third-order valence-corrected chi connectivity index (χ3v) is 12.9. The molecule has 0 N–H and O–H groups in total. The van der Waals surface area contributed by atoms with Gasteiger partial charge in [-0.05, 0) is 72.6 Å². The average Bonchev–Trinajstić information content (AvgIpc) is 3.53. The lowest BCUT2D eigenvalue weighted by molar-refractivity contribution is 0.209. The van der Waals surface area contributed by atoms with Crippen LogP contribution in [0.5, 0.6) is 0 Å². The molecule has 0 heterocycles. The summed E-state index contributed by atoms with van der Waals surface area (Å²) in [6.07, 6.45) is 6.26. The Morgan fingerprint density at radius 2 is 0.967 bits per heavy atom. The number of allylic oxidation sites excluding steroid dienone is 2. The van der Waals surface area contributed by atoms with E-state index in [4.69, 9.17) is 0 Å². The first-order valence-electron chi connectivity index (χ1n) is 10.7. The third-order valence-electron chi connectivity index (χ3n) is 8.14. The molecule has 0 spiro atoms. The van der Waals surface area contributed by atoms with E-state index in [0.717, 1.165) is 6.42 Å². The number of fused-ring (bicyclic) bond motifs is 9. The second-order valence-corrected chi connectivity index (χ2v) is 13.5. The fraction of sp³-hybridized carbons (Fsp3) is 0.417. The Morgan fingerprint density at radius 3 is 1.37 bits per heavy atom. The lowest BCUT2D eigenvalue weighted by Gasteiger charge is -2.41. The smallest absolute Gasteiger partial charge is 0.182 e. The first-order valence-corrected chi connectivity index (χ1v) is 13.8. The van der Waals surface area contributed by atoms with Crippen LogP contribution in [-0.4, -0.2) is 27.3 Å². The van der Waals surface area contributed by atoms with Crippen LogP contribution in [0, 0.1) is 35.5 Å².